The molecule has 1 aromatic heterocycles. The van der Waals surface area contributed by atoms with Crippen LogP contribution in [0.2, 0.25) is 0 Å². The first-order chi connectivity index (χ1) is 10.2. The second kappa shape index (κ2) is 5.88. The van der Waals surface area contributed by atoms with Crippen LogP contribution in [0.3, 0.4) is 0 Å². The average Bonchev–Trinajstić information content (AvgIpc) is 2.83. The second-order valence-corrected chi connectivity index (χ2v) is 6.17. The molecule has 3 rings (SSSR count). The first-order valence-corrected chi connectivity index (χ1v) is 7.94. The molecular formula is C17H24N4. The Kier molecular flexibility index (Phi) is 3.95. The van der Waals surface area contributed by atoms with Gasteiger partial charge in [0.2, 0.25) is 5.95 Å². The number of nitrogens with one attached hydrogen (secondary N) is 1. The first kappa shape index (κ1) is 14.1. The number of hydrogen-bond donors (Lipinski definition) is 1. The zero-order valence-electron chi connectivity index (χ0n) is 13.1. The lowest BCUT2D eigenvalue weighted by Gasteiger charge is -2.20. The van der Waals surface area contributed by atoms with Gasteiger partial charge < -0.3 is 10.2 Å². The van der Waals surface area contributed by atoms with E-state index in [1.165, 1.54) is 0 Å². The number of aromatic nitrogens is 2. The molecule has 0 radical (unpaired) electrons. The smallest absolute Gasteiger partial charge is 0.225 e. The van der Waals surface area contributed by atoms with E-state index in [0.29, 0.717) is 11.8 Å². The third-order valence-corrected chi connectivity index (χ3v) is 4.40. The topological polar surface area (TPSA) is 41.1 Å². The summed E-state index contributed by atoms with van der Waals surface area (Å²) in [7, 11) is 0. The Morgan fingerprint density at radius 2 is 1.86 bits per heavy atom. The highest BCUT2D eigenvalue weighted by Crippen LogP contribution is 2.31. The number of rotatable bonds is 4. The van der Waals surface area contributed by atoms with Gasteiger partial charge in [0.25, 0.3) is 0 Å². The summed E-state index contributed by atoms with van der Waals surface area (Å²) in [5, 5.41) is 4.48. The number of para-hydroxylation sites is 1. The van der Waals surface area contributed by atoms with E-state index in [9.17, 15) is 0 Å². The summed E-state index contributed by atoms with van der Waals surface area (Å²) >= 11 is 0. The Bertz CT molecular complexity index is 615. The molecule has 1 fully saturated rings. The van der Waals surface area contributed by atoms with Gasteiger partial charge in [0.1, 0.15) is 5.82 Å². The zero-order chi connectivity index (χ0) is 14.8. The molecule has 2 aromatic rings. The van der Waals surface area contributed by atoms with Crippen molar-refractivity contribution in [3.63, 3.8) is 0 Å². The maximum atomic E-state index is 4.79. The molecule has 1 aliphatic heterocycles. The van der Waals surface area contributed by atoms with E-state index in [1.807, 2.05) is 6.07 Å². The predicted molar refractivity (Wildman–Crippen MR) is 88.9 cm³/mol. The SMILES string of the molecule is CCCNc1nc(N2CC(C)C(C)C2)c2ccccc2n1. The molecule has 1 N–H and O–H groups in total. The molecule has 1 saturated heterocycles. The summed E-state index contributed by atoms with van der Waals surface area (Å²) in [5.74, 6) is 3.25. The summed E-state index contributed by atoms with van der Waals surface area (Å²) in [6.45, 7) is 9.86. The average molecular weight is 284 g/mol. The van der Waals surface area contributed by atoms with Crippen molar-refractivity contribution in [2.75, 3.05) is 29.9 Å². The maximum absolute atomic E-state index is 4.79. The summed E-state index contributed by atoms with van der Waals surface area (Å²) in [5.41, 5.74) is 1.02. The van der Waals surface area contributed by atoms with Crippen LogP contribution in [0.15, 0.2) is 24.3 Å². The van der Waals surface area contributed by atoms with Crippen molar-refractivity contribution in [3.05, 3.63) is 24.3 Å². The van der Waals surface area contributed by atoms with Crippen molar-refractivity contribution in [2.24, 2.45) is 11.8 Å². The molecule has 21 heavy (non-hydrogen) atoms. The minimum Gasteiger partial charge on any atom is -0.355 e. The highest BCUT2D eigenvalue weighted by atomic mass is 15.2. The summed E-state index contributed by atoms with van der Waals surface area (Å²) in [6, 6.07) is 8.30. The van der Waals surface area contributed by atoms with E-state index in [2.05, 4.69) is 54.2 Å². The van der Waals surface area contributed by atoms with Gasteiger partial charge in [0, 0.05) is 25.0 Å². The Morgan fingerprint density at radius 3 is 2.57 bits per heavy atom. The van der Waals surface area contributed by atoms with Crippen LogP contribution < -0.4 is 10.2 Å². The molecule has 1 aromatic carbocycles. The van der Waals surface area contributed by atoms with Crippen molar-refractivity contribution in [1.29, 1.82) is 0 Å². The Balaban J connectivity index is 2.02. The van der Waals surface area contributed by atoms with Crippen LogP contribution in [0.25, 0.3) is 10.9 Å². The van der Waals surface area contributed by atoms with Gasteiger partial charge in [-0.3, -0.25) is 0 Å². The molecule has 2 unspecified atom stereocenters. The molecule has 112 valence electrons. The molecule has 2 atom stereocenters. The maximum Gasteiger partial charge on any atom is 0.225 e. The Hall–Kier alpha value is -1.84. The van der Waals surface area contributed by atoms with E-state index in [-0.39, 0.29) is 0 Å². The van der Waals surface area contributed by atoms with Crippen LogP contribution in [0.4, 0.5) is 11.8 Å². The number of nitrogens with zero attached hydrogens (tertiary/aromatic N) is 3. The van der Waals surface area contributed by atoms with Gasteiger partial charge in [0.05, 0.1) is 5.52 Å². The van der Waals surface area contributed by atoms with Crippen molar-refractivity contribution < 1.29 is 0 Å². The van der Waals surface area contributed by atoms with Crippen molar-refractivity contribution in [2.45, 2.75) is 27.2 Å². The van der Waals surface area contributed by atoms with Gasteiger partial charge in [-0.25, -0.2) is 4.98 Å². The molecule has 4 nitrogen and oxygen atoms in total. The van der Waals surface area contributed by atoms with Crippen molar-refractivity contribution >= 4 is 22.7 Å². The van der Waals surface area contributed by atoms with E-state index >= 15 is 0 Å². The van der Waals surface area contributed by atoms with Gasteiger partial charge >= 0.3 is 0 Å². The summed E-state index contributed by atoms with van der Waals surface area (Å²) in [4.78, 5) is 11.8. The predicted octanol–water partition coefficient (Wildman–Crippen LogP) is 3.54. The highest BCUT2D eigenvalue weighted by Gasteiger charge is 2.28. The molecule has 0 saturated carbocycles. The molecule has 1 aliphatic rings. The number of benzene rings is 1. The van der Waals surface area contributed by atoms with Crippen LogP contribution >= 0.6 is 0 Å². The van der Waals surface area contributed by atoms with Crippen molar-refractivity contribution in [1.82, 2.24) is 9.97 Å². The molecule has 0 aliphatic carbocycles. The number of anilines is 2. The second-order valence-electron chi connectivity index (χ2n) is 6.17. The third-order valence-electron chi connectivity index (χ3n) is 4.40. The first-order valence-electron chi connectivity index (χ1n) is 7.94. The fourth-order valence-electron chi connectivity index (χ4n) is 2.92. The van der Waals surface area contributed by atoms with E-state index in [1.54, 1.807) is 0 Å². The fraction of sp³-hybridized carbons (Fsp3) is 0.529. The standard InChI is InChI=1S/C17H24N4/c1-4-9-18-17-19-15-8-6-5-7-14(15)16(20-17)21-10-12(2)13(3)11-21/h5-8,12-13H,4,9-11H2,1-3H3,(H,18,19,20). The number of hydrogen-bond acceptors (Lipinski definition) is 4. The van der Waals surface area contributed by atoms with Crippen molar-refractivity contribution in [3.8, 4) is 0 Å². The monoisotopic (exact) mass is 284 g/mol. The van der Waals surface area contributed by atoms with Gasteiger partial charge in [-0.1, -0.05) is 32.9 Å². The largest absolute Gasteiger partial charge is 0.355 e. The Morgan fingerprint density at radius 1 is 1.14 bits per heavy atom. The van der Waals surface area contributed by atoms with Crippen LogP contribution in [-0.2, 0) is 0 Å². The van der Waals surface area contributed by atoms with Gasteiger partial charge in [-0.15, -0.1) is 0 Å². The fourth-order valence-corrected chi connectivity index (χ4v) is 2.92. The number of fused-ring (bicyclic) bond motifs is 1. The van der Waals surface area contributed by atoms with Gasteiger partial charge in [-0.2, -0.15) is 4.98 Å². The summed E-state index contributed by atoms with van der Waals surface area (Å²) < 4.78 is 0. The molecule has 0 bridgehead atoms. The Labute approximate surface area is 126 Å². The molecule has 0 spiro atoms. The highest BCUT2D eigenvalue weighted by molar-refractivity contribution is 5.90. The van der Waals surface area contributed by atoms with Crippen LogP contribution in [0.5, 0.6) is 0 Å². The molecular weight excluding hydrogens is 260 g/mol. The van der Waals surface area contributed by atoms with Crippen LogP contribution in [-0.4, -0.2) is 29.6 Å². The van der Waals surface area contributed by atoms with Crippen LogP contribution in [0.1, 0.15) is 27.2 Å². The van der Waals surface area contributed by atoms with E-state index in [4.69, 9.17) is 4.98 Å². The summed E-state index contributed by atoms with van der Waals surface area (Å²) in [6.07, 6.45) is 1.07. The minimum absolute atomic E-state index is 0.714. The van der Waals surface area contributed by atoms with Gasteiger partial charge in [0.15, 0.2) is 0 Å². The quantitative estimate of drug-likeness (QED) is 0.932. The van der Waals surface area contributed by atoms with Gasteiger partial charge in [-0.05, 0) is 30.4 Å². The normalized spacial score (nSPS) is 22.0. The zero-order valence-corrected chi connectivity index (χ0v) is 13.1. The molecule has 0 amide bonds. The lowest BCUT2D eigenvalue weighted by atomic mass is 10.0. The van der Waals surface area contributed by atoms with E-state index in [0.717, 1.165) is 48.7 Å². The lowest BCUT2D eigenvalue weighted by Crippen LogP contribution is -2.22. The van der Waals surface area contributed by atoms with E-state index < -0.39 is 0 Å². The van der Waals surface area contributed by atoms with Crippen LogP contribution in [0, 0.1) is 11.8 Å². The molecule has 2 heterocycles. The molecule has 4 heteroatoms. The third kappa shape index (κ3) is 2.80. The minimum atomic E-state index is 0.714. The lowest BCUT2D eigenvalue weighted by molar-refractivity contribution is 0.494.